The lowest BCUT2D eigenvalue weighted by atomic mass is 10.2. The van der Waals surface area contributed by atoms with Crippen molar-refractivity contribution in [2.24, 2.45) is 0 Å². The van der Waals surface area contributed by atoms with Gasteiger partial charge in [0.25, 0.3) is 0 Å². The van der Waals surface area contributed by atoms with Gasteiger partial charge in [-0.2, -0.15) is 0 Å². The van der Waals surface area contributed by atoms with E-state index in [9.17, 15) is 9.59 Å². The molecular formula is C17H18N2O4S. The minimum Gasteiger partial charge on any atom is -0.462 e. The van der Waals surface area contributed by atoms with Gasteiger partial charge in [0.1, 0.15) is 6.61 Å². The van der Waals surface area contributed by atoms with E-state index in [4.69, 9.17) is 9.47 Å². The SMILES string of the molecule is C/C=C(\C(=O)OCC)c1csc(NC(=O)OCc2ccccc2)n1. The highest BCUT2D eigenvalue weighted by atomic mass is 32.1. The Labute approximate surface area is 144 Å². The van der Waals surface area contributed by atoms with E-state index in [-0.39, 0.29) is 13.2 Å². The molecule has 24 heavy (non-hydrogen) atoms. The number of benzene rings is 1. The molecule has 1 heterocycles. The second-order valence-electron chi connectivity index (χ2n) is 4.65. The molecule has 1 amide bonds. The maximum atomic E-state index is 11.8. The number of amides is 1. The van der Waals surface area contributed by atoms with Crippen LogP contribution in [0.3, 0.4) is 0 Å². The summed E-state index contributed by atoms with van der Waals surface area (Å²) in [6, 6.07) is 9.37. The van der Waals surface area contributed by atoms with Gasteiger partial charge in [0.05, 0.1) is 17.9 Å². The number of allylic oxidation sites excluding steroid dienone is 1. The third kappa shape index (κ3) is 4.92. The summed E-state index contributed by atoms with van der Waals surface area (Å²) >= 11 is 1.21. The number of thiazole rings is 1. The Balaban J connectivity index is 1.93. The van der Waals surface area contributed by atoms with Crippen molar-refractivity contribution >= 4 is 34.1 Å². The molecule has 1 aromatic heterocycles. The minimum atomic E-state index is -0.599. The van der Waals surface area contributed by atoms with Crippen LogP contribution in [0.15, 0.2) is 41.8 Å². The fraction of sp³-hybridized carbons (Fsp3) is 0.235. The van der Waals surface area contributed by atoms with E-state index in [2.05, 4.69) is 10.3 Å². The Kier molecular flexibility index (Phi) is 6.51. The van der Waals surface area contributed by atoms with Crippen LogP contribution in [0.4, 0.5) is 9.93 Å². The van der Waals surface area contributed by atoms with Crippen LogP contribution in [0.5, 0.6) is 0 Å². The van der Waals surface area contributed by atoms with Crippen LogP contribution in [0.2, 0.25) is 0 Å². The van der Waals surface area contributed by atoms with Gasteiger partial charge >= 0.3 is 12.1 Å². The highest BCUT2D eigenvalue weighted by molar-refractivity contribution is 7.14. The number of hydrogen-bond donors (Lipinski definition) is 1. The molecule has 0 saturated heterocycles. The number of ether oxygens (including phenoxy) is 2. The van der Waals surface area contributed by atoms with Crippen LogP contribution in [-0.4, -0.2) is 23.7 Å². The number of nitrogens with one attached hydrogen (secondary N) is 1. The number of anilines is 1. The van der Waals surface area contributed by atoms with Crippen LogP contribution >= 0.6 is 11.3 Å². The summed E-state index contributed by atoms with van der Waals surface area (Å²) in [5.74, 6) is -0.441. The molecule has 0 radical (unpaired) electrons. The lowest BCUT2D eigenvalue weighted by Gasteiger charge is -2.05. The molecule has 0 saturated carbocycles. The van der Waals surface area contributed by atoms with Crippen molar-refractivity contribution in [1.82, 2.24) is 4.98 Å². The average Bonchev–Trinajstić information content (AvgIpc) is 3.03. The van der Waals surface area contributed by atoms with Gasteiger partial charge in [-0.05, 0) is 19.4 Å². The first-order valence-corrected chi connectivity index (χ1v) is 8.29. The molecule has 0 atom stereocenters. The molecule has 0 unspecified atom stereocenters. The number of carbonyl (C=O) groups excluding carboxylic acids is 2. The number of hydrogen-bond acceptors (Lipinski definition) is 6. The fourth-order valence-electron chi connectivity index (χ4n) is 1.88. The monoisotopic (exact) mass is 346 g/mol. The fourth-order valence-corrected chi connectivity index (χ4v) is 2.58. The molecule has 7 heteroatoms. The first kappa shape index (κ1) is 17.7. The van der Waals surface area contributed by atoms with Crippen molar-refractivity contribution in [3.05, 3.63) is 53.0 Å². The van der Waals surface area contributed by atoms with Gasteiger partial charge < -0.3 is 9.47 Å². The molecule has 0 fully saturated rings. The van der Waals surface area contributed by atoms with Crippen LogP contribution in [0, 0.1) is 0 Å². The highest BCUT2D eigenvalue weighted by Gasteiger charge is 2.16. The smallest absolute Gasteiger partial charge is 0.413 e. The largest absolute Gasteiger partial charge is 0.462 e. The zero-order chi connectivity index (χ0) is 17.4. The number of nitrogens with zero attached hydrogens (tertiary/aromatic N) is 1. The Morgan fingerprint density at radius 2 is 2.00 bits per heavy atom. The van der Waals surface area contributed by atoms with Crippen molar-refractivity contribution in [2.75, 3.05) is 11.9 Å². The molecule has 0 aliphatic rings. The third-order valence-corrected chi connectivity index (χ3v) is 3.74. The predicted octanol–water partition coefficient (Wildman–Crippen LogP) is 3.86. The van der Waals surface area contributed by atoms with Gasteiger partial charge in [0.2, 0.25) is 0 Å². The Morgan fingerprint density at radius 3 is 2.67 bits per heavy atom. The summed E-state index contributed by atoms with van der Waals surface area (Å²) < 4.78 is 10.1. The molecule has 6 nitrogen and oxygen atoms in total. The van der Waals surface area contributed by atoms with Crippen molar-refractivity contribution in [2.45, 2.75) is 20.5 Å². The van der Waals surface area contributed by atoms with Crippen molar-refractivity contribution in [1.29, 1.82) is 0 Å². The Morgan fingerprint density at radius 1 is 1.25 bits per heavy atom. The lowest BCUT2D eigenvalue weighted by Crippen LogP contribution is -2.13. The Bertz CT molecular complexity index is 725. The van der Waals surface area contributed by atoms with E-state index < -0.39 is 12.1 Å². The summed E-state index contributed by atoms with van der Waals surface area (Å²) in [4.78, 5) is 27.8. The van der Waals surface area contributed by atoms with E-state index >= 15 is 0 Å². The van der Waals surface area contributed by atoms with E-state index in [1.807, 2.05) is 30.3 Å². The normalized spacial score (nSPS) is 11.0. The quantitative estimate of drug-likeness (QED) is 0.635. The number of carbonyl (C=O) groups is 2. The van der Waals surface area contributed by atoms with Gasteiger partial charge in [-0.3, -0.25) is 5.32 Å². The molecule has 0 bridgehead atoms. The van der Waals surface area contributed by atoms with Crippen molar-refractivity contribution in [3.63, 3.8) is 0 Å². The van der Waals surface area contributed by atoms with Gasteiger partial charge in [0, 0.05) is 5.38 Å². The van der Waals surface area contributed by atoms with Gasteiger partial charge in [-0.1, -0.05) is 36.4 Å². The zero-order valence-corrected chi connectivity index (χ0v) is 14.3. The van der Waals surface area contributed by atoms with E-state index in [0.717, 1.165) is 5.56 Å². The van der Waals surface area contributed by atoms with E-state index in [0.29, 0.717) is 16.4 Å². The van der Waals surface area contributed by atoms with Crippen LogP contribution in [0.25, 0.3) is 5.57 Å². The van der Waals surface area contributed by atoms with Crippen LogP contribution in [-0.2, 0) is 20.9 Å². The number of rotatable bonds is 6. The number of aromatic nitrogens is 1. The minimum absolute atomic E-state index is 0.174. The molecule has 1 aromatic carbocycles. The van der Waals surface area contributed by atoms with Crippen LogP contribution < -0.4 is 5.32 Å². The van der Waals surface area contributed by atoms with Crippen molar-refractivity contribution < 1.29 is 19.1 Å². The van der Waals surface area contributed by atoms with Gasteiger partial charge in [0.15, 0.2) is 5.13 Å². The topological polar surface area (TPSA) is 77.5 Å². The molecular weight excluding hydrogens is 328 g/mol. The lowest BCUT2D eigenvalue weighted by molar-refractivity contribution is -0.136. The molecule has 2 rings (SSSR count). The molecule has 0 spiro atoms. The number of esters is 1. The predicted molar refractivity (Wildman–Crippen MR) is 92.6 cm³/mol. The average molecular weight is 346 g/mol. The molecule has 1 N–H and O–H groups in total. The first-order chi connectivity index (χ1) is 11.6. The Hall–Kier alpha value is -2.67. The molecule has 126 valence electrons. The highest BCUT2D eigenvalue weighted by Crippen LogP contribution is 2.22. The van der Waals surface area contributed by atoms with Gasteiger partial charge in [-0.15, -0.1) is 11.3 Å². The molecule has 0 aliphatic carbocycles. The van der Waals surface area contributed by atoms with Crippen molar-refractivity contribution in [3.8, 4) is 0 Å². The van der Waals surface area contributed by atoms with E-state index in [1.54, 1.807) is 25.3 Å². The molecule has 2 aromatic rings. The summed E-state index contributed by atoms with van der Waals surface area (Å²) in [6.45, 7) is 3.93. The summed E-state index contributed by atoms with van der Waals surface area (Å²) in [5.41, 5.74) is 1.71. The van der Waals surface area contributed by atoms with E-state index in [1.165, 1.54) is 11.3 Å². The molecule has 0 aliphatic heterocycles. The van der Waals surface area contributed by atoms with Gasteiger partial charge in [-0.25, -0.2) is 14.6 Å². The maximum Gasteiger partial charge on any atom is 0.413 e. The first-order valence-electron chi connectivity index (χ1n) is 7.41. The zero-order valence-electron chi connectivity index (χ0n) is 13.4. The summed E-state index contributed by atoms with van der Waals surface area (Å²) in [6.07, 6.45) is 1.03. The second kappa shape index (κ2) is 8.83. The maximum absolute atomic E-state index is 11.8. The second-order valence-corrected chi connectivity index (χ2v) is 5.51. The standard InChI is InChI=1S/C17H18N2O4S/c1-3-13(15(20)22-4-2)14-11-24-16(18-14)19-17(21)23-10-12-8-6-5-7-9-12/h3,5-9,11H,4,10H2,1-2H3,(H,18,19,21)/b13-3-. The summed E-state index contributed by atoms with van der Waals surface area (Å²) in [5, 5.41) is 4.58. The third-order valence-electron chi connectivity index (χ3n) is 2.99. The van der Waals surface area contributed by atoms with Crippen LogP contribution in [0.1, 0.15) is 25.1 Å². The summed E-state index contributed by atoms with van der Waals surface area (Å²) in [7, 11) is 0.